The summed E-state index contributed by atoms with van der Waals surface area (Å²) >= 11 is 4.62. The van der Waals surface area contributed by atoms with Crippen molar-refractivity contribution >= 4 is 43.3 Å². The zero-order valence-electron chi connectivity index (χ0n) is 11.3. The second kappa shape index (κ2) is 5.71. The van der Waals surface area contributed by atoms with Gasteiger partial charge in [-0.1, -0.05) is 27.7 Å². The first-order valence-corrected chi connectivity index (χ1v) is 9.80. The highest BCUT2D eigenvalue weighted by atomic mass is 79.9. The molecule has 1 aromatic carbocycles. The lowest BCUT2D eigenvalue weighted by molar-refractivity contribution is 0.528. The lowest BCUT2D eigenvalue weighted by atomic mass is 10.4. The van der Waals surface area contributed by atoms with E-state index in [0.717, 1.165) is 4.47 Å². The number of halogens is 1. The molecule has 2 heterocycles. The Morgan fingerprint density at radius 1 is 1.36 bits per heavy atom. The van der Waals surface area contributed by atoms with Gasteiger partial charge in [-0.2, -0.15) is 0 Å². The van der Waals surface area contributed by atoms with E-state index in [2.05, 4.69) is 20.9 Å². The van der Waals surface area contributed by atoms with Crippen LogP contribution in [0, 0.1) is 0 Å². The van der Waals surface area contributed by atoms with E-state index in [-0.39, 0.29) is 22.0 Å². The molecule has 0 fully saturated rings. The summed E-state index contributed by atoms with van der Waals surface area (Å²) in [6.07, 6.45) is 0. The van der Waals surface area contributed by atoms with Crippen LogP contribution < -0.4 is 11.3 Å². The van der Waals surface area contributed by atoms with E-state index in [0.29, 0.717) is 10.9 Å². The molecule has 0 saturated heterocycles. The third-order valence-electron chi connectivity index (χ3n) is 3.29. The minimum atomic E-state index is -3.48. The van der Waals surface area contributed by atoms with Crippen molar-refractivity contribution < 1.29 is 8.42 Å². The van der Waals surface area contributed by atoms with E-state index < -0.39 is 15.9 Å². The molecule has 0 saturated carbocycles. The number of nitrogen functional groups attached to an aromatic ring is 1. The van der Waals surface area contributed by atoms with Gasteiger partial charge in [-0.25, -0.2) is 13.4 Å². The molecule has 3 rings (SSSR count). The standard InChI is InChI=1S/C13H12BrN3O3S2/c14-8-1-3-10(4-2-8)22(19,20)7-9-6-21-13-16-11(15)5-12(18)17(9)13/h1-5,9H,6-7,15H2/t9-/m1/s1. The van der Waals surface area contributed by atoms with Gasteiger partial charge in [0.1, 0.15) is 5.82 Å². The van der Waals surface area contributed by atoms with Gasteiger partial charge in [-0.3, -0.25) is 9.36 Å². The number of nitrogens with two attached hydrogens (primary N) is 1. The smallest absolute Gasteiger partial charge is 0.256 e. The van der Waals surface area contributed by atoms with E-state index >= 15 is 0 Å². The molecular formula is C13H12BrN3O3S2. The first kappa shape index (κ1) is 15.6. The van der Waals surface area contributed by atoms with Crippen LogP contribution in [0.1, 0.15) is 6.04 Å². The van der Waals surface area contributed by atoms with Crippen LogP contribution >= 0.6 is 27.7 Å². The number of thioether (sulfide) groups is 1. The molecule has 2 aromatic rings. The van der Waals surface area contributed by atoms with Crippen LogP contribution in [0.25, 0.3) is 0 Å². The summed E-state index contributed by atoms with van der Waals surface area (Å²) in [5, 5.41) is 0.473. The molecule has 1 aliphatic heterocycles. The van der Waals surface area contributed by atoms with E-state index in [1.54, 1.807) is 24.3 Å². The van der Waals surface area contributed by atoms with Crippen molar-refractivity contribution in [3.8, 4) is 0 Å². The minimum absolute atomic E-state index is 0.139. The molecular weight excluding hydrogens is 390 g/mol. The molecule has 9 heteroatoms. The maximum Gasteiger partial charge on any atom is 0.256 e. The number of hydrogen-bond donors (Lipinski definition) is 1. The minimum Gasteiger partial charge on any atom is -0.383 e. The van der Waals surface area contributed by atoms with Crippen molar-refractivity contribution in [1.29, 1.82) is 0 Å². The van der Waals surface area contributed by atoms with Gasteiger partial charge in [-0.15, -0.1) is 0 Å². The zero-order valence-corrected chi connectivity index (χ0v) is 14.5. The van der Waals surface area contributed by atoms with Crippen LogP contribution in [0.3, 0.4) is 0 Å². The Morgan fingerprint density at radius 2 is 2.05 bits per heavy atom. The molecule has 0 radical (unpaired) electrons. The number of aromatic nitrogens is 2. The summed E-state index contributed by atoms with van der Waals surface area (Å²) in [6.45, 7) is 0. The molecule has 0 unspecified atom stereocenters. The fraction of sp³-hybridized carbons (Fsp3) is 0.231. The van der Waals surface area contributed by atoms with Crippen molar-refractivity contribution in [2.45, 2.75) is 16.1 Å². The maximum absolute atomic E-state index is 12.5. The van der Waals surface area contributed by atoms with Crippen molar-refractivity contribution in [1.82, 2.24) is 9.55 Å². The van der Waals surface area contributed by atoms with Crippen LogP contribution in [0.15, 0.2) is 49.7 Å². The predicted octanol–water partition coefficient (Wildman–Crippen LogP) is 1.71. The SMILES string of the molecule is Nc1cc(=O)n2c(n1)SC[C@@H]2CS(=O)(=O)c1ccc(Br)cc1. The average molecular weight is 402 g/mol. The highest BCUT2D eigenvalue weighted by Gasteiger charge is 2.30. The Balaban J connectivity index is 1.93. The first-order chi connectivity index (χ1) is 10.4. The fourth-order valence-corrected chi connectivity index (χ4v) is 5.37. The van der Waals surface area contributed by atoms with Gasteiger partial charge in [0, 0.05) is 16.3 Å². The molecule has 1 atom stereocenters. The number of nitrogens with zero attached hydrogens (tertiary/aromatic N) is 2. The van der Waals surface area contributed by atoms with Crippen molar-refractivity contribution in [2.24, 2.45) is 0 Å². The van der Waals surface area contributed by atoms with Gasteiger partial charge in [0.25, 0.3) is 5.56 Å². The highest BCUT2D eigenvalue weighted by molar-refractivity contribution is 9.10. The quantitative estimate of drug-likeness (QED) is 0.786. The topological polar surface area (TPSA) is 95.1 Å². The molecule has 6 nitrogen and oxygen atoms in total. The van der Waals surface area contributed by atoms with Gasteiger partial charge < -0.3 is 5.73 Å². The van der Waals surface area contributed by atoms with Gasteiger partial charge in [0.05, 0.1) is 16.7 Å². The molecule has 1 aliphatic rings. The summed E-state index contributed by atoms with van der Waals surface area (Å²) in [5.41, 5.74) is 5.23. The number of fused-ring (bicyclic) bond motifs is 1. The number of sulfone groups is 1. The second-order valence-corrected chi connectivity index (χ2v) is 8.81. The average Bonchev–Trinajstić information content (AvgIpc) is 2.81. The first-order valence-electron chi connectivity index (χ1n) is 6.37. The molecule has 116 valence electrons. The summed E-state index contributed by atoms with van der Waals surface area (Å²) in [4.78, 5) is 16.4. The van der Waals surface area contributed by atoms with Crippen LogP contribution in [-0.4, -0.2) is 29.5 Å². The third kappa shape index (κ3) is 2.92. The van der Waals surface area contributed by atoms with Crippen LogP contribution in [-0.2, 0) is 9.84 Å². The van der Waals surface area contributed by atoms with Gasteiger partial charge in [0.15, 0.2) is 15.0 Å². The molecule has 22 heavy (non-hydrogen) atoms. The highest BCUT2D eigenvalue weighted by Crippen LogP contribution is 2.32. The zero-order chi connectivity index (χ0) is 15.9. The molecule has 1 aromatic heterocycles. The monoisotopic (exact) mass is 401 g/mol. The lowest BCUT2D eigenvalue weighted by Crippen LogP contribution is -2.29. The van der Waals surface area contributed by atoms with Crippen molar-refractivity contribution in [3.63, 3.8) is 0 Å². The number of rotatable bonds is 3. The summed E-state index contributed by atoms with van der Waals surface area (Å²) in [6, 6.07) is 7.24. The van der Waals surface area contributed by atoms with Crippen LogP contribution in [0.2, 0.25) is 0 Å². The van der Waals surface area contributed by atoms with E-state index in [4.69, 9.17) is 5.73 Å². The predicted molar refractivity (Wildman–Crippen MR) is 88.9 cm³/mol. The Bertz CT molecular complexity index is 878. The maximum atomic E-state index is 12.5. The van der Waals surface area contributed by atoms with Gasteiger partial charge in [0.2, 0.25) is 0 Å². The summed E-state index contributed by atoms with van der Waals surface area (Å²) < 4.78 is 27.2. The third-order valence-corrected chi connectivity index (χ3v) is 6.73. The summed E-state index contributed by atoms with van der Waals surface area (Å²) in [7, 11) is -3.48. The van der Waals surface area contributed by atoms with Crippen LogP contribution in [0.5, 0.6) is 0 Å². The molecule has 0 amide bonds. The Morgan fingerprint density at radius 3 is 2.73 bits per heavy atom. The van der Waals surface area contributed by atoms with E-state index in [1.165, 1.54) is 22.4 Å². The van der Waals surface area contributed by atoms with Crippen molar-refractivity contribution in [3.05, 3.63) is 45.2 Å². The van der Waals surface area contributed by atoms with Crippen molar-refractivity contribution in [2.75, 3.05) is 17.2 Å². The molecule has 2 N–H and O–H groups in total. The van der Waals surface area contributed by atoms with E-state index in [1.807, 2.05) is 0 Å². The Kier molecular flexibility index (Phi) is 4.04. The normalized spacial score (nSPS) is 17.4. The van der Waals surface area contributed by atoms with Crippen LogP contribution in [0.4, 0.5) is 5.82 Å². The van der Waals surface area contributed by atoms with Gasteiger partial charge in [-0.05, 0) is 24.3 Å². The number of hydrogen-bond acceptors (Lipinski definition) is 6. The largest absolute Gasteiger partial charge is 0.383 e. The Labute approximate surface area is 139 Å². The molecule has 0 bridgehead atoms. The fourth-order valence-electron chi connectivity index (χ4n) is 2.28. The Hall–Kier alpha value is -1.32. The lowest BCUT2D eigenvalue weighted by Gasteiger charge is -2.13. The molecule has 0 aliphatic carbocycles. The number of benzene rings is 1. The molecule has 0 spiro atoms. The number of anilines is 1. The summed E-state index contributed by atoms with van der Waals surface area (Å²) in [5.74, 6) is 0.502. The van der Waals surface area contributed by atoms with Gasteiger partial charge >= 0.3 is 0 Å². The van der Waals surface area contributed by atoms with E-state index in [9.17, 15) is 13.2 Å². The second-order valence-electron chi connectivity index (χ2n) is 4.87.